The first-order valence-corrected chi connectivity index (χ1v) is 10.6. The zero-order valence-electron chi connectivity index (χ0n) is 18.7. The van der Waals surface area contributed by atoms with E-state index in [0.29, 0.717) is 22.4 Å². The SMILES string of the molecule is Cc1ccc(-c2ccc(C(=O)Nc3cc4nn(-c5ccc(F)cc5)nc4cc3C)o2)c([N+](=O)[O-])c1. The van der Waals surface area contributed by atoms with Crippen LogP contribution in [0.25, 0.3) is 28.0 Å². The second kappa shape index (κ2) is 8.49. The molecule has 1 amide bonds. The Hall–Kier alpha value is -4.86. The molecular formula is C25H18FN5O4. The maximum absolute atomic E-state index is 13.2. The second-order valence-electron chi connectivity index (χ2n) is 8.02. The normalized spacial score (nSPS) is 11.1. The zero-order valence-corrected chi connectivity index (χ0v) is 18.7. The molecule has 0 saturated carbocycles. The van der Waals surface area contributed by atoms with Gasteiger partial charge in [-0.2, -0.15) is 4.80 Å². The molecule has 0 bridgehead atoms. The van der Waals surface area contributed by atoms with Gasteiger partial charge < -0.3 is 9.73 Å². The summed E-state index contributed by atoms with van der Waals surface area (Å²) < 4.78 is 18.9. The molecular weight excluding hydrogens is 453 g/mol. The lowest BCUT2D eigenvalue weighted by molar-refractivity contribution is -0.384. The van der Waals surface area contributed by atoms with Crippen LogP contribution in [0, 0.1) is 29.8 Å². The lowest BCUT2D eigenvalue weighted by Gasteiger charge is -2.06. The number of benzene rings is 3. The number of carbonyl (C=O) groups is 1. The van der Waals surface area contributed by atoms with Gasteiger partial charge in [-0.1, -0.05) is 6.07 Å². The molecule has 0 aliphatic heterocycles. The number of nitrogens with one attached hydrogen (secondary N) is 1. The predicted molar refractivity (Wildman–Crippen MR) is 127 cm³/mol. The minimum atomic E-state index is -0.514. The molecule has 0 unspecified atom stereocenters. The van der Waals surface area contributed by atoms with E-state index in [1.807, 2.05) is 6.92 Å². The third-order valence-corrected chi connectivity index (χ3v) is 5.48. The Morgan fingerprint density at radius 3 is 2.43 bits per heavy atom. The van der Waals surface area contributed by atoms with Crippen molar-refractivity contribution in [2.75, 3.05) is 5.32 Å². The topological polar surface area (TPSA) is 116 Å². The summed E-state index contributed by atoms with van der Waals surface area (Å²) in [5.41, 5.74) is 3.92. The van der Waals surface area contributed by atoms with Gasteiger partial charge in [-0.05, 0) is 79.6 Å². The van der Waals surface area contributed by atoms with E-state index in [4.69, 9.17) is 4.42 Å². The number of hydrogen-bond acceptors (Lipinski definition) is 6. The van der Waals surface area contributed by atoms with Crippen molar-refractivity contribution in [3.8, 4) is 17.0 Å². The third kappa shape index (κ3) is 4.24. The molecule has 5 aromatic rings. The fourth-order valence-electron chi connectivity index (χ4n) is 3.68. The number of aromatic nitrogens is 3. The van der Waals surface area contributed by atoms with Gasteiger partial charge >= 0.3 is 0 Å². The average Bonchev–Trinajstić information content (AvgIpc) is 3.47. The first-order chi connectivity index (χ1) is 16.8. The number of nitrogens with zero attached hydrogens (tertiary/aromatic N) is 4. The zero-order chi connectivity index (χ0) is 24.7. The van der Waals surface area contributed by atoms with Crippen LogP contribution < -0.4 is 5.32 Å². The van der Waals surface area contributed by atoms with E-state index < -0.39 is 10.8 Å². The number of halogens is 1. The van der Waals surface area contributed by atoms with Crippen LogP contribution >= 0.6 is 0 Å². The van der Waals surface area contributed by atoms with Gasteiger partial charge in [0.15, 0.2) is 5.76 Å². The summed E-state index contributed by atoms with van der Waals surface area (Å²) in [5.74, 6) is -0.649. The average molecular weight is 471 g/mol. The van der Waals surface area contributed by atoms with E-state index in [0.717, 1.165) is 11.1 Å². The van der Waals surface area contributed by atoms with Crippen LogP contribution in [-0.2, 0) is 0 Å². The molecule has 0 spiro atoms. The number of hydrogen-bond donors (Lipinski definition) is 1. The Morgan fingerprint density at radius 1 is 1.00 bits per heavy atom. The highest BCUT2D eigenvalue weighted by Crippen LogP contribution is 2.32. The molecule has 5 rings (SSSR count). The van der Waals surface area contributed by atoms with Crippen LogP contribution in [0.1, 0.15) is 21.7 Å². The lowest BCUT2D eigenvalue weighted by Crippen LogP contribution is -2.11. The highest BCUT2D eigenvalue weighted by atomic mass is 19.1. The van der Waals surface area contributed by atoms with Gasteiger partial charge in [-0.15, -0.1) is 10.2 Å². The quantitative estimate of drug-likeness (QED) is 0.264. The molecule has 1 N–H and O–H groups in total. The highest BCUT2D eigenvalue weighted by Gasteiger charge is 2.21. The Labute approximate surface area is 197 Å². The number of carbonyl (C=O) groups excluding carboxylic acids is 1. The summed E-state index contributed by atoms with van der Waals surface area (Å²) in [4.78, 5) is 25.2. The van der Waals surface area contributed by atoms with Gasteiger partial charge in [-0.3, -0.25) is 14.9 Å². The molecule has 9 nitrogen and oxygen atoms in total. The van der Waals surface area contributed by atoms with Gasteiger partial charge in [0.05, 0.1) is 16.2 Å². The number of nitro benzene ring substituents is 1. The second-order valence-corrected chi connectivity index (χ2v) is 8.02. The molecule has 174 valence electrons. The van der Waals surface area contributed by atoms with Gasteiger partial charge in [0.25, 0.3) is 11.6 Å². The summed E-state index contributed by atoms with van der Waals surface area (Å²) in [6, 6.07) is 17.0. The maximum Gasteiger partial charge on any atom is 0.291 e. The molecule has 2 heterocycles. The van der Waals surface area contributed by atoms with Crippen LogP contribution in [0.15, 0.2) is 71.1 Å². The molecule has 0 radical (unpaired) electrons. The third-order valence-electron chi connectivity index (χ3n) is 5.48. The first-order valence-electron chi connectivity index (χ1n) is 10.6. The Balaban J connectivity index is 1.41. The number of fused-ring (bicyclic) bond motifs is 1. The van der Waals surface area contributed by atoms with E-state index in [1.165, 1.54) is 35.1 Å². The maximum atomic E-state index is 13.2. The van der Waals surface area contributed by atoms with Crippen LogP contribution in [0.4, 0.5) is 15.8 Å². The Kier molecular flexibility index (Phi) is 5.33. The fourth-order valence-corrected chi connectivity index (χ4v) is 3.68. The van der Waals surface area contributed by atoms with Crippen molar-refractivity contribution in [1.82, 2.24) is 15.0 Å². The van der Waals surface area contributed by atoms with E-state index in [9.17, 15) is 19.3 Å². The smallest absolute Gasteiger partial charge is 0.291 e. The number of aryl methyl sites for hydroxylation is 2. The molecule has 0 saturated heterocycles. The minimum Gasteiger partial charge on any atom is -0.451 e. The van der Waals surface area contributed by atoms with Crippen molar-refractivity contribution in [3.63, 3.8) is 0 Å². The Morgan fingerprint density at radius 2 is 1.71 bits per heavy atom. The molecule has 0 aliphatic rings. The first kappa shape index (κ1) is 22.0. The number of furan rings is 1. The van der Waals surface area contributed by atoms with Gasteiger partial charge in [0.1, 0.15) is 22.6 Å². The lowest BCUT2D eigenvalue weighted by atomic mass is 10.1. The van der Waals surface area contributed by atoms with Crippen molar-refractivity contribution in [1.29, 1.82) is 0 Å². The molecule has 2 aromatic heterocycles. The van der Waals surface area contributed by atoms with Crippen molar-refractivity contribution >= 4 is 28.3 Å². The van der Waals surface area contributed by atoms with Gasteiger partial charge in [-0.25, -0.2) is 4.39 Å². The van der Waals surface area contributed by atoms with Gasteiger partial charge in [0.2, 0.25) is 0 Å². The largest absolute Gasteiger partial charge is 0.451 e. The van der Waals surface area contributed by atoms with Crippen LogP contribution in [0.2, 0.25) is 0 Å². The van der Waals surface area contributed by atoms with E-state index >= 15 is 0 Å². The minimum absolute atomic E-state index is 0.00402. The monoisotopic (exact) mass is 471 g/mol. The number of rotatable bonds is 5. The predicted octanol–water partition coefficient (Wildman–Crippen LogP) is 5.60. The van der Waals surface area contributed by atoms with E-state index in [1.54, 1.807) is 43.3 Å². The van der Waals surface area contributed by atoms with Crippen molar-refractivity contribution in [2.45, 2.75) is 13.8 Å². The summed E-state index contributed by atoms with van der Waals surface area (Å²) >= 11 is 0. The van der Waals surface area contributed by atoms with Crippen molar-refractivity contribution < 1.29 is 18.5 Å². The number of nitro groups is 1. The summed E-state index contributed by atoms with van der Waals surface area (Å²) in [5, 5.41) is 23.1. The molecule has 0 fully saturated rings. The van der Waals surface area contributed by atoms with Crippen LogP contribution in [-0.4, -0.2) is 25.8 Å². The summed E-state index contributed by atoms with van der Waals surface area (Å²) in [6.07, 6.45) is 0. The highest BCUT2D eigenvalue weighted by molar-refractivity contribution is 6.04. The number of anilines is 1. The summed E-state index contributed by atoms with van der Waals surface area (Å²) in [6.45, 7) is 3.57. The van der Waals surface area contributed by atoms with Crippen LogP contribution in [0.5, 0.6) is 0 Å². The molecule has 35 heavy (non-hydrogen) atoms. The van der Waals surface area contributed by atoms with Crippen LogP contribution in [0.3, 0.4) is 0 Å². The summed E-state index contributed by atoms with van der Waals surface area (Å²) in [7, 11) is 0. The van der Waals surface area contributed by atoms with E-state index in [2.05, 4.69) is 15.5 Å². The Bertz CT molecular complexity index is 1600. The molecule has 0 atom stereocenters. The molecule has 3 aromatic carbocycles. The number of amides is 1. The van der Waals surface area contributed by atoms with Crippen molar-refractivity contribution in [3.05, 3.63) is 99.5 Å². The van der Waals surface area contributed by atoms with E-state index in [-0.39, 0.29) is 28.6 Å². The van der Waals surface area contributed by atoms with Crippen molar-refractivity contribution in [2.24, 2.45) is 0 Å². The molecule has 10 heteroatoms. The van der Waals surface area contributed by atoms with Gasteiger partial charge in [0, 0.05) is 11.8 Å². The molecule has 0 aliphatic carbocycles. The standard InChI is InChI=1S/C25H18FN5O4/c1-14-3-8-18(22(11-14)31(33)34)23-9-10-24(35-23)25(32)27-19-13-21-20(12-15(19)2)28-30(29-21)17-6-4-16(26)5-7-17/h3-13H,1-2H3,(H,27,32). The fraction of sp³-hybridized carbons (Fsp3) is 0.0800.